The van der Waals surface area contributed by atoms with Crippen molar-refractivity contribution in [2.24, 2.45) is 11.8 Å². The molecule has 2 nitrogen and oxygen atoms in total. The molecule has 3 unspecified atom stereocenters. The molecule has 1 aliphatic carbocycles. The average Bonchev–Trinajstić information content (AvgIpc) is 2.86. The number of hydrogen-bond donors (Lipinski definition) is 1. The van der Waals surface area contributed by atoms with Crippen LogP contribution in [0.3, 0.4) is 0 Å². The molecule has 0 bridgehead atoms. The predicted octanol–water partition coefficient (Wildman–Crippen LogP) is 3.14. The van der Waals surface area contributed by atoms with Crippen LogP contribution in [-0.2, 0) is 6.54 Å². The molecule has 0 saturated heterocycles. The Bertz CT molecular complexity index is 391. The van der Waals surface area contributed by atoms with Gasteiger partial charge in [-0.15, -0.1) is 11.3 Å². The molecule has 1 N–H and O–H groups in total. The van der Waals surface area contributed by atoms with Crippen molar-refractivity contribution in [3.63, 3.8) is 0 Å². The van der Waals surface area contributed by atoms with Gasteiger partial charge in [-0.3, -0.25) is 0 Å². The van der Waals surface area contributed by atoms with Crippen molar-refractivity contribution in [1.29, 1.82) is 5.26 Å². The number of nitriles is 1. The highest BCUT2D eigenvalue weighted by Gasteiger charge is 2.28. The van der Waals surface area contributed by atoms with Crippen molar-refractivity contribution in [1.82, 2.24) is 5.32 Å². The lowest BCUT2D eigenvalue weighted by molar-refractivity contribution is 0.370. The molecule has 0 radical (unpaired) electrons. The van der Waals surface area contributed by atoms with Crippen LogP contribution in [-0.4, -0.2) is 6.04 Å². The maximum atomic E-state index is 8.75. The summed E-state index contributed by atoms with van der Waals surface area (Å²) < 4.78 is 0. The first kappa shape index (κ1) is 11.6. The highest BCUT2D eigenvalue weighted by molar-refractivity contribution is 7.12. The van der Waals surface area contributed by atoms with E-state index in [4.69, 9.17) is 5.26 Å². The summed E-state index contributed by atoms with van der Waals surface area (Å²) in [5.41, 5.74) is 0. The second-order valence-corrected chi connectivity index (χ2v) is 5.95. The van der Waals surface area contributed by atoms with Crippen molar-refractivity contribution in [3.8, 4) is 6.07 Å². The van der Waals surface area contributed by atoms with Gasteiger partial charge >= 0.3 is 0 Å². The van der Waals surface area contributed by atoms with E-state index in [0.717, 1.165) is 23.3 Å². The van der Waals surface area contributed by atoms with E-state index in [1.54, 1.807) is 11.3 Å². The van der Waals surface area contributed by atoms with Crippen LogP contribution in [0.1, 0.15) is 36.4 Å². The van der Waals surface area contributed by atoms with Gasteiger partial charge in [0.25, 0.3) is 0 Å². The van der Waals surface area contributed by atoms with E-state index >= 15 is 0 Å². The van der Waals surface area contributed by atoms with Gasteiger partial charge < -0.3 is 5.32 Å². The molecule has 0 aliphatic heterocycles. The van der Waals surface area contributed by atoms with Crippen LogP contribution in [0.4, 0.5) is 0 Å². The maximum Gasteiger partial charge on any atom is 0.110 e. The summed E-state index contributed by atoms with van der Waals surface area (Å²) in [7, 11) is 0. The minimum atomic E-state index is 0.655. The highest BCUT2D eigenvalue weighted by atomic mass is 32.1. The van der Waals surface area contributed by atoms with Crippen LogP contribution < -0.4 is 5.32 Å². The van der Waals surface area contributed by atoms with E-state index in [1.165, 1.54) is 17.7 Å². The van der Waals surface area contributed by atoms with Crippen LogP contribution in [0.2, 0.25) is 0 Å². The summed E-state index contributed by atoms with van der Waals surface area (Å²) in [5.74, 6) is 1.62. The molecular weight excluding hydrogens is 216 g/mol. The van der Waals surface area contributed by atoms with Crippen molar-refractivity contribution in [2.45, 2.75) is 39.3 Å². The molecule has 2 rings (SSSR count). The van der Waals surface area contributed by atoms with Gasteiger partial charge in [-0.1, -0.05) is 13.8 Å². The summed E-state index contributed by atoms with van der Waals surface area (Å²) in [5, 5.41) is 12.4. The molecule has 16 heavy (non-hydrogen) atoms. The molecule has 3 atom stereocenters. The quantitative estimate of drug-likeness (QED) is 0.872. The molecule has 1 fully saturated rings. The van der Waals surface area contributed by atoms with Gasteiger partial charge in [0, 0.05) is 17.5 Å². The Morgan fingerprint density at radius 3 is 2.81 bits per heavy atom. The van der Waals surface area contributed by atoms with Gasteiger partial charge in [-0.2, -0.15) is 5.26 Å². The van der Waals surface area contributed by atoms with Gasteiger partial charge in [0.2, 0.25) is 0 Å². The van der Waals surface area contributed by atoms with Crippen molar-refractivity contribution in [2.75, 3.05) is 0 Å². The lowest BCUT2D eigenvalue weighted by Gasteiger charge is -2.19. The number of nitrogens with one attached hydrogen (secondary N) is 1. The molecule has 1 aliphatic rings. The average molecular weight is 234 g/mol. The SMILES string of the molecule is CC1CCC(NCc2ccc(C#N)s2)C1C. The number of thiophene rings is 1. The second-order valence-electron chi connectivity index (χ2n) is 4.78. The molecular formula is C13H18N2S. The monoisotopic (exact) mass is 234 g/mol. The van der Waals surface area contributed by atoms with Gasteiger partial charge in [0.05, 0.1) is 0 Å². The van der Waals surface area contributed by atoms with E-state index in [-0.39, 0.29) is 0 Å². The van der Waals surface area contributed by atoms with E-state index in [9.17, 15) is 0 Å². The third-order valence-corrected chi connectivity index (χ3v) is 4.77. The molecule has 0 aromatic carbocycles. The molecule has 0 amide bonds. The first-order valence-corrected chi connectivity index (χ1v) is 6.74. The highest BCUT2D eigenvalue weighted by Crippen LogP contribution is 2.31. The van der Waals surface area contributed by atoms with Gasteiger partial charge in [-0.05, 0) is 36.8 Å². The standard InChI is InChI=1S/C13H18N2S/c1-9-3-6-13(10(9)2)15-8-12-5-4-11(7-14)16-12/h4-5,9-10,13,15H,3,6,8H2,1-2H3. The summed E-state index contributed by atoms with van der Waals surface area (Å²) in [4.78, 5) is 2.08. The smallest absolute Gasteiger partial charge is 0.110 e. The normalized spacial score (nSPS) is 29.2. The van der Waals surface area contributed by atoms with Gasteiger partial charge in [-0.25, -0.2) is 0 Å². The first-order chi connectivity index (χ1) is 7.70. The third-order valence-electron chi connectivity index (χ3n) is 3.78. The number of nitrogens with zero attached hydrogens (tertiary/aromatic N) is 1. The number of hydrogen-bond acceptors (Lipinski definition) is 3. The summed E-state index contributed by atoms with van der Waals surface area (Å²) in [6.45, 7) is 5.59. The van der Waals surface area contributed by atoms with Crippen LogP contribution in [0.5, 0.6) is 0 Å². The first-order valence-electron chi connectivity index (χ1n) is 5.93. The lowest BCUT2D eigenvalue weighted by atomic mass is 9.98. The zero-order chi connectivity index (χ0) is 11.5. The van der Waals surface area contributed by atoms with Crippen molar-refractivity contribution in [3.05, 3.63) is 21.9 Å². The fourth-order valence-corrected chi connectivity index (χ4v) is 3.17. The van der Waals surface area contributed by atoms with E-state index in [2.05, 4.69) is 31.3 Å². The maximum absolute atomic E-state index is 8.75. The van der Waals surface area contributed by atoms with Crippen molar-refractivity contribution < 1.29 is 0 Å². The minimum Gasteiger partial charge on any atom is -0.309 e. The predicted molar refractivity (Wildman–Crippen MR) is 67.2 cm³/mol. The van der Waals surface area contributed by atoms with Gasteiger partial charge in [0.1, 0.15) is 10.9 Å². The Hall–Kier alpha value is -0.850. The Kier molecular flexibility index (Phi) is 3.63. The lowest BCUT2D eigenvalue weighted by Crippen LogP contribution is -2.31. The van der Waals surface area contributed by atoms with E-state index < -0.39 is 0 Å². The van der Waals surface area contributed by atoms with Crippen LogP contribution in [0.25, 0.3) is 0 Å². The summed E-state index contributed by atoms with van der Waals surface area (Å²) in [6, 6.07) is 6.80. The Balaban J connectivity index is 1.86. The Labute approximate surface area is 101 Å². The Morgan fingerprint density at radius 1 is 1.44 bits per heavy atom. The summed E-state index contributed by atoms with van der Waals surface area (Å²) >= 11 is 1.59. The zero-order valence-corrected chi connectivity index (χ0v) is 10.7. The molecule has 86 valence electrons. The summed E-state index contributed by atoms with van der Waals surface area (Å²) in [6.07, 6.45) is 2.63. The molecule has 1 aromatic heterocycles. The Morgan fingerprint density at radius 2 is 2.25 bits per heavy atom. The molecule has 3 heteroatoms. The van der Waals surface area contributed by atoms with Crippen LogP contribution >= 0.6 is 11.3 Å². The van der Waals surface area contributed by atoms with E-state index in [1.807, 2.05) is 6.07 Å². The topological polar surface area (TPSA) is 35.8 Å². The fourth-order valence-electron chi connectivity index (χ4n) is 2.42. The largest absolute Gasteiger partial charge is 0.309 e. The van der Waals surface area contributed by atoms with Crippen molar-refractivity contribution >= 4 is 11.3 Å². The molecule has 1 heterocycles. The van der Waals surface area contributed by atoms with E-state index in [0.29, 0.717) is 6.04 Å². The number of rotatable bonds is 3. The molecule has 1 saturated carbocycles. The molecule has 0 spiro atoms. The van der Waals surface area contributed by atoms with Crippen LogP contribution in [0.15, 0.2) is 12.1 Å². The van der Waals surface area contributed by atoms with Crippen LogP contribution in [0, 0.1) is 23.2 Å². The second kappa shape index (κ2) is 4.99. The molecule has 1 aromatic rings. The fraction of sp³-hybridized carbons (Fsp3) is 0.615. The third kappa shape index (κ3) is 2.45. The minimum absolute atomic E-state index is 0.655. The van der Waals surface area contributed by atoms with Gasteiger partial charge in [0.15, 0.2) is 0 Å². The zero-order valence-electron chi connectivity index (χ0n) is 9.86.